The van der Waals surface area contributed by atoms with Gasteiger partial charge in [0, 0.05) is 46.7 Å². The van der Waals surface area contributed by atoms with Gasteiger partial charge in [-0.15, -0.1) is 0 Å². The minimum absolute atomic E-state index is 0.214. The van der Waals surface area contributed by atoms with Crippen molar-refractivity contribution in [3.63, 3.8) is 0 Å². The zero-order valence-corrected chi connectivity index (χ0v) is 13.8. The van der Waals surface area contributed by atoms with Crippen LogP contribution in [0.5, 0.6) is 0 Å². The molecule has 2 aromatic rings. The molecule has 0 saturated heterocycles. The van der Waals surface area contributed by atoms with Crippen molar-refractivity contribution in [1.29, 1.82) is 0 Å². The van der Waals surface area contributed by atoms with Crippen molar-refractivity contribution in [1.82, 2.24) is 5.32 Å². The Bertz CT molecular complexity index is 759. The van der Waals surface area contributed by atoms with Gasteiger partial charge in [-0.3, -0.25) is 13.8 Å². The van der Waals surface area contributed by atoms with Crippen LogP contribution < -0.4 is 10.6 Å². The molecule has 0 saturated carbocycles. The molecule has 0 bridgehead atoms. The van der Waals surface area contributed by atoms with E-state index in [1.54, 1.807) is 55.8 Å². The largest absolute Gasteiger partial charge is 0.355 e. The Labute approximate surface area is 137 Å². The maximum absolute atomic E-state index is 12.3. The van der Waals surface area contributed by atoms with Crippen LogP contribution in [0.25, 0.3) is 0 Å². The van der Waals surface area contributed by atoms with Crippen LogP contribution in [-0.4, -0.2) is 29.3 Å². The lowest BCUT2D eigenvalue weighted by molar-refractivity contribution is 0.0961. The Morgan fingerprint density at radius 1 is 1.00 bits per heavy atom. The first-order valence-electron chi connectivity index (χ1n) is 7.02. The summed E-state index contributed by atoms with van der Waals surface area (Å²) in [7, 11) is 0.591. The van der Waals surface area contributed by atoms with E-state index in [1.165, 1.54) is 0 Å². The van der Waals surface area contributed by atoms with Crippen LogP contribution in [0, 0.1) is 0 Å². The highest BCUT2D eigenvalue weighted by molar-refractivity contribution is 7.83. The molecule has 0 radical (unpaired) electrons. The Balaban J connectivity index is 2.16. The maximum Gasteiger partial charge on any atom is 0.255 e. The van der Waals surface area contributed by atoms with Gasteiger partial charge in [0.1, 0.15) is 0 Å². The number of hydrogen-bond acceptors (Lipinski definition) is 3. The average Bonchev–Trinajstić information content (AvgIpc) is 2.54. The number of nitrogens with one attached hydrogen (secondary N) is 2. The lowest BCUT2D eigenvalue weighted by Crippen LogP contribution is -2.18. The molecule has 0 fully saturated rings. The summed E-state index contributed by atoms with van der Waals surface area (Å²) >= 11 is 0. The first kappa shape index (κ1) is 16.9. The van der Waals surface area contributed by atoms with Crippen LogP contribution in [0.1, 0.15) is 26.3 Å². The standard InChI is InChI=1S/C17H18N2O3S/c1-18-16(20)14-7-4-8-15(10-14)19-17(21)13-6-3-5-12(9-13)11-23(2)22/h3-10H,11H2,1-2H3,(H,18,20)(H,19,21). The molecule has 23 heavy (non-hydrogen) atoms. The molecule has 1 unspecified atom stereocenters. The Hall–Kier alpha value is -2.47. The molecule has 2 N–H and O–H groups in total. The minimum atomic E-state index is -0.962. The van der Waals surface area contributed by atoms with Crippen LogP contribution in [-0.2, 0) is 16.6 Å². The summed E-state index contributed by atoms with van der Waals surface area (Å²) in [5.74, 6) is -0.0795. The Kier molecular flexibility index (Phi) is 5.65. The molecule has 120 valence electrons. The fourth-order valence-corrected chi connectivity index (χ4v) is 2.77. The van der Waals surface area contributed by atoms with Gasteiger partial charge in [0.05, 0.1) is 0 Å². The third-order valence-electron chi connectivity index (χ3n) is 3.17. The van der Waals surface area contributed by atoms with Crippen molar-refractivity contribution < 1.29 is 13.8 Å². The zero-order chi connectivity index (χ0) is 16.8. The number of carbonyl (C=O) groups excluding carboxylic acids is 2. The average molecular weight is 330 g/mol. The van der Waals surface area contributed by atoms with E-state index >= 15 is 0 Å². The second kappa shape index (κ2) is 7.69. The van der Waals surface area contributed by atoms with E-state index in [9.17, 15) is 13.8 Å². The van der Waals surface area contributed by atoms with Gasteiger partial charge in [-0.05, 0) is 35.9 Å². The van der Waals surface area contributed by atoms with Gasteiger partial charge in [0.2, 0.25) is 0 Å². The highest BCUT2D eigenvalue weighted by Gasteiger charge is 2.09. The van der Waals surface area contributed by atoms with Gasteiger partial charge in [-0.1, -0.05) is 18.2 Å². The van der Waals surface area contributed by atoms with Gasteiger partial charge in [0.15, 0.2) is 0 Å². The van der Waals surface area contributed by atoms with E-state index in [-0.39, 0.29) is 11.8 Å². The minimum Gasteiger partial charge on any atom is -0.355 e. The summed E-state index contributed by atoms with van der Waals surface area (Å²) in [6.45, 7) is 0. The summed E-state index contributed by atoms with van der Waals surface area (Å²) in [4.78, 5) is 23.9. The van der Waals surface area contributed by atoms with Gasteiger partial charge in [0.25, 0.3) is 11.8 Å². The summed E-state index contributed by atoms with van der Waals surface area (Å²) in [6.07, 6.45) is 1.62. The van der Waals surface area contributed by atoms with Crippen LogP contribution in [0.3, 0.4) is 0 Å². The second-order valence-corrected chi connectivity index (χ2v) is 6.47. The van der Waals surface area contributed by atoms with E-state index in [2.05, 4.69) is 10.6 Å². The van der Waals surface area contributed by atoms with Gasteiger partial charge >= 0.3 is 0 Å². The molecule has 0 aliphatic heterocycles. The number of hydrogen-bond donors (Lipinski definition) is 2. The predicted octanol–water partition coefficient (Wildman–Crippen LogP) is 2.18. The highest BCUT2D eigenvalue weighted by Crippen LogP contribution is 2.14. The summed E-state index contributed by atoms with van der Waals surface area (Å²) in [5.41, 5.74) is 2.34. The molecule has 0 aromatic heterocycles. The molecular formula is C17H18N2O3S. The van der Waals surface area contributed by atoms with E-state index in [0.717, 1.165) is 5.56 Å². The fourth-order valence-electron chi connectivity index (χ4n) is 2.12. The number of carbonyl (C=O) groups is 2. The molecule has 2 amide bonds. The molecule has 2 rings (SSSR count). The van der Waals surface area contributed by atoms with Crippen molar-refractivity contribution in [3.05, 3.63) is 65.2 Å². The first-order chi connectivity index (χ1) is 11.0. The van der Waals surface area contributed by atoms with Crippen LogP contribution in [0.4, 0.5) is 5.69 Å². The fraction of sp³-hybridized carbons (Fsp3) is 0.176. The molecule has 2 aromatic carbocycles. The van der Waals surface area contributed by atoms with Crippen LogP contribution >= 0.6 is 0 Å². The zero-order valence-electron chi connectivity index (χ0n) is 13.0. The smallest absolute Gasteiger partial charge is 0.255 e. The molecule has 1 atom stereocenters. The third-order valence-corrected chi connectivity index (χ3v) is 3.91. The van der Waals surface area contributed by atoms with Gasteiger partial charge in [-0.25, -0.2) is 0 Å². The summed E-state index contributed by atoms with van der Waals surface area (Å²) in [6, 6.07) is 13.7. The van der Waals surface area contributed by atoms with E-state index in [0.29, 0.717) is 22.6 Å². The third kappa shape index (κ3) is 4.75. The van der Waals surface area contributed by atoms with Crippen molar-refractivity contribution in [2.24, 2.45) is 0 Å². The molecule has 0 aliphatic rings. The molecular weight excluding hydrogens is 312 g/mol. The SMILES string of the molecule is CNC(=O)c1cccc(NC(=O)c2cccc(CS(C)=O)c2)c1. The van der Waals surface area contributed by atoms with Gasteiger partial charge < -0.3 is 10.6 Å². The van der Waals surface area contributed by atoms with Gasteiger partial charge in [-0.2, -0.15) is 0 Å². The molecule has 5 nitrogen and oxygen atoms in total. The highest BCUT2D eigenvalue weighted by atomic mass is 32.2. The van der Waals surface area contributed by atoms with Crippen LogP contribution in [0.15, 0.2) is 48.5 Å². The number of anilines is 1. The first-order valence-corrected chi connectivity index (χ1v) is 8.75. The van der Waals surface area contributed by atoms with Crippen molar-refractivity contribution in [2.45, 2.75) is 5.75 Å². The van der Waals surface area contributed by atoms with Crippen molar-refractivity contribution in [2.75, 3.05) is 18.6 Å². The predicted molar refractivity (Wildman–Crippen MR) is 92.0 cm³/mol. The lowest BCUT2D eigenvalue weighted by atomic mass is 10.1. The number of benzene rings is 2. The molecule has 0 aliphatic carbocycles. The van der Waals surface area contributed by atoms with Crippen LogP contribution in [0.2, 0.25) is 0 Å². The van der Waals surface area contributed by atoms with E-state index in [4.69, 9.17) is 0 Å². The quantitative estimate of drug-likeness (QED) is 0.882. The van der Waals surface area contributed by atoms with E-state index < -0.39 is 10.8 Å². The number of rotatable bonds is 5. The second-order valence-electron chi connectivity index (χ2n) is 5.03. The van der Waals surface area contributed by atoms with E-state index in [1.807, 2.05) is 6.07 Å². The monoisotopic (exact) mass is 330 g/mol. The van der Waals surface area contributed by atoms with Crippen molar-refractivity contribution >= 4 is 28.3 Å². The Morgan fingerprint density at radius 3 is 2.30 bits per heavy atom. The lowest BCUT2D eigenvalue weighted by Gasteiger charge is -2.08. The normalized spacial score (nSPS) is 11.6. The molecule has 6 heteroatoms. The van der Waals surface area contributed by atoms with Crippen molar-refractivity contribution in [3.8, 4) is 0 Å². The molecule has 0 spiro atoms. The number of amides is 2. The summed E-state index contributed by atoms with van der Waals surface area (Å²) < 4.78 is 11.3. The Morgan fingerprint density at radius 2 is 1.65 bits per heavy atom. The topological polar surface area (TPSA) is 75.3 Å². The summed E-state index contributed by atoms with van der Waals surface area (Å²) in [5, 5.41) is 5.30. The molecule has 0 heterocycles. The maximum atomic E-state index is 12.3.